The summed E-state index contributed by atoms with van der Waals surface area (Å²) in [6.07, 6.45) is 9.93. The van der Waals surface area contributed by atoms with Gasteiger partial charge in [0.25, 0.3) is 0 Å². The van der Waals surface area contributed by atoms with Gasteiger partial charge in [-0.3, -0.25) is 4.79 Å². The maximum absolute atomic E-state index is 11.5. The van der Waals surface area contributed by atoms with E-state index in [0.717, 1.165) is 42.5 Å². The summed E-state index contributed by atoms with van der Waals surface area (Å²) in [7, 11) is 0. The number of terminal acetylenes is 1. The highest BCUT2D eigenvalue weighted by molar-refractivity contribution is 6.01. The molecule has 0 amide bonds. The second-order valence-corrected chi connectivity index (χ2v) is 6.72. The first-order valence-electron chi connectivity index (χ1n) is 8.84. The molecule has 0 N–H and O–H groups in total. The van der Waals surface area contributed by atoms with E-state index in [0.29, 0.717) is 11.1 Å². The Hall–Kier alpha value is -2.27. The fraction of sp³-hybridized carbons (Fsp3) is 0.409. The summed E-state index contributed by atoms with van der Waals surface area (Å²) in [5.41, 5.74) is 2.46. The summed E-state index contributed by atoms with van der Waals surface area (Å²) in [6.45, 7) is 8.79. The van der Waals surface area contributed by atoms with Crippen LogP contribution in [0.15, 0.2) is 30.3 Å². The van der Waals surface area contributed by atoms with E-state index in [1.165, 1.54) is 18.5 Å². The van der Waals surface area contributed by atoms with Crippen LogP contribution in [-0.2, 0) is 0 Å². The number of anilines is 1. The quantitative estimate of drug-likeness (QED) is 0.486. The Morgan fingerprint density at radius 1 is 1.21 bits per heavy atom. The van der Waals surface area contributed by atoms with E-state index in [-0.39, 0.29) is 0 Å². The molecule has 0 aliphatic heterocycles. The summed E-state index contributed by atoms with van der Waals surface area (Å²) >= 11 is 0. The molecule has 24 heavy (non-hydrogen) atoms. The lowest BCUT2D eigenvalue weighted by Gasteiger charge is -2.25. The monoisotopic (exact) mass is 321 g/mol. The Kier molecular flexibility index (Phi) is 6.44. The van der Waals surface area contributed by atoms with E-state index < -0.39 is 0 Å². The van der Waals surface area contributed by atoms with Crippen LogP contribution >= 0.6 is 0 Å². The van der Waals surface area contributed by atoms with Crippen molar-refractivity contribution in [2.45, 2.75) is 40.0 Å². The van der Waals surface area contributed by atoms with Gasteiger partial charge in [-0.05, 0) is 54.2 Å². The Morgan fingerprint density at radius 2 is 1.96 bits per heavy atom. The first-order chi connectivity index (χ1) is 11.6. The molecule has 2 aromatic rings. The summed E-state index contributed by atoms with van der Waals surface area (Å²) in [6, 6.07) is 10.2. The lowest BCUT2D eigenvalue weighted by molar-refractivity contribution is 0.112. The van der Waals surface area contributed by atoms with Crippen molar-refractivity contribution < 1.29 is 4.79 Å². The molecule has 0 bridgehead atoms. The molecule has 126 valence electrons. The lowest BCUT2D eigenvalue weighted by Crippen LogP contribution is -2.25. The zero-order valence-electron chi connectivity index (χ0n) is 15.0. The van der Waals surface area contributed by atoms with Crippen LogP contribution in [0.25, 0.3) is 10.8 Å². The number of aldehydes is 1. The first-order valence-corrected chi connectivity index (χ1v) is 8.84. The Bertz CT molecular complexity index is 739. The third kappa shape index (κ3) is 4.17. The number of benzene rings is 2. The molecular weight excluding hydrogens is 294 g/mol. The van der Waals surface area contributed by atoms with E-state index in [2.05, 4.69) is 49.8 Å². The van der Waals surface area contributed by atoms with Gasteiger partial charge in [0.05, 0.1) is 0 Å². The van der Waals surface area contributed by atoms with Crippen molar-refractivity contribution in [3.63, 3.8) is 0 Å². The summed E-state index contributed by atoms with van der Waals surface area (Å²) in [5, 5.41) is 2.00. The highest BCUT2D eigenvalue weighted by Crippen LogP contribution is 2.27. The van der Waals surface area contributed by atoms with E-state index in [4.69, 9.17) is 6.42 Å². The lowest BCUT2D eigenvalue weighted by atomic mass is 9.99. The van der Waals surface area contributed by atoms with E-state index >= 15 is 0 Å². The van der Waals surface area contributed by atoms with Crippen LogP contribution in [-0.4, -0.2) is 19.4 Å². The minimum atomic E-state index is 0.621. The number of carbonyl (C=O) groups is 1. The Balaban J connectivity index is 2.38. The largest absolute Gasteiger partial charge is 0.372 e. The molecule has 2 nitrogen and oxygen atoms in total. The van der Waals surface area contributed by atoms with E-state index in [9.17, 15) is 4.79 Å². The average Bonchev–Trinajstić information content (AvgIpc) is 2.59. The van der Waals surface area contributed by atoms with Crippen LogP contribution in [0.3, 0.4) is 0 Å². The molecule has 0 heterocycles. The van der Waals surface area contributed by atoms with Gasteiger partial charge in [0, 0.05) is 29.9 Å². The van der Waals surface area contributed by atoms with Crippen LogP contribution in [0.5, 0.6) is 0 Å². The van der Waals surface area contributed by atoms with Gasteiger partial charge in [-0.15, -0.1) is 6.42 Å². The molecule has 0 aliphatic rings. The molecule has 0 atom stereocenters. The molecule has 0 fully saturated rings. The van der Waals surface area contributed by atoms with Crippen molar-refractivity contribution in [1.82, 2.24) is 0 Å². The molecule has 0 saturated carbocycles. The van der Waals surface area contributed by atoms with Gasteiger partial charge >= 0.3 is 0 Å². The summed E-state index contributed by atoms with van der Waals surface area (Å²) in [4.78, 5) is 14.0. The maximum atomic E-state index is 11.5. The first kappa shape index (κ1) is 18.1. The van der Waals surface area contributed by atoms with Gasteiger partial charge in [-0.25, -0.2) is 0 Å². The predicted molar refractivity (Wildman–Crippen MR) is 104 cm³/mol. The minimum absolute atomic E-state index is 0.621. The second kappa shape index (κ2) is 8.55. The van der Waals surface area contributed by atoms with Crippen LogP contribution in [0.1, 0.15) is 56.0 Å². The van der Waals surface area contributed by atoms with Crippen molar-refractivity contribution in [1.29, 1.82) is 0 Å². The van der Waals surface area contributed by atoms with Crippen molar-refractivity contribution in [2.24, 2.45) is 5.92 Å². The molecule has 2 heteroatoms. The average molecular weight is 321 g/mol. The Labute approximate surface area is 145 Å². The van der Waals surface area contributed by atoms with Crippen molar-refractivity contribution in [2.75, 3.05) is 18.0 Å². The van der Waals surface area contributed by atoms with Gasteiger partial charge in [-0.2, -0.15) is 0 Å². The Morgan fingerprint density at radius 3 is 2.58 bits per heavy atom. The van der Waals surface area contributed by atoms with Gasteiger partial charge in [0.2, 0.25) is 0 Å². The molecule has 0 radical (unpaired) electrons. The number of rotatable bonds is 8. The zero-order chi connectivity index (χ0) is 17.5. The highest BCUT2D eigenvalue weighted by Gasteiger charge is 2.10. The van der Waals surface area contributed by atoms with Crippen LogP contribution < -0.4 is 4.90 Å². The summed E-state index contributed by atoms with van der Waals surface area (Å²) < 4.78 is 0. The molecule has 0 aliphatic carbocycles. The van der Waals surface area contributed by atoms with Gasteiger partial charge in [-0.1, -0.05) is 38.8 Å². The number of fused-ring (bicyclic) bond motifs is 1. The fourth-order valence-electron chi connectivity index (χ4n) is 3.11. The second-order valence-electron chi connectivity index (χ2n) is 6.72. The van der Waals surface area contributed by atoms with Crippen molar-refractivity contribution >= 4 is 22.7 Å². The van der Waals surface area contributed by atoms with E-state index in [1.807, 2.05) is 12.1 Å². The minimum Gasteiger partial charge on any atom is -0.372 e. The SMILES string of the molecule is C#Cc1ccc2ccc(N(CCC)CCCC(C)C)cc2c1C=O. The van der Waals surface area contributed by atoms with E-state index in [1.54, 1.807) is 0 Å². The van der Waals surface area contributed by atoms with Gasteiger partial charge < -0.3 is 4.90 Å². The smallest absolute Gasteiger partial charge is 0.151 e. The number of nitrogens with zero attached hydrogens (tertiary/aromatic N) is 1. The van der Waals surface area contributed by atoms with Gasteiger partial charge in [0.15, 0.2) is 6.29 Å². The maximum Gasteiger partial charge on any atom is 0.151 e. The number of hydrogen-bond donors (Lipinski definition) is 0. The predicted octanol–water partition coefficient (Wildman–Crippen LogP) is 5.29. The van der Waals surface area contributed by atoms with Crippen molar-refractivity contribution in [3.8, 4) is 12.3 Å². The zero-order valence-corrected chi connectivity index (χ0v) is 15.0. The molecule has 0 saturated heterocycles. The fourth-order valence-corrected chi connectivity index (χ4v) is 3.11. The third-order valence-electron chi connectivity index (χ3n) is 4.39. The standard InChI is InChI=1S/C22H27NO/c1-5-13-23(14-7-8-17(3)4)20-12-11-19-10-9-18(6-2)22(16-24)21(19)15-20/h2,9-12,15-17H,5,7-8,13-14H2,1,3-4H3. The third-order valence-corrected chi connectivity index (χ3v) is 4.39. The highest BCUT2D eigenvalue weighted by atomic mass is 16.1. The number of carbonyl (C=O) groups excluding carboxylic acids is 1. The van der Waals surface area contributed by atoms with Crippen LogP contribution in [0.4, 0.5) is 5.69 Å². The molecule has 2 aromatic carbocycles. The molecular formula is C22H27NO. The van der Waals surface area contributed by atoms with Crippen molar-refractivity contribution in [3.05, 3.63) is 41.5 Å². The molecule has 2 rings (SSSR count). The topological polar surface area (TPSA) is 20.3 Å². The molecule has 0 spiro atoms. The summed E-state index contributed by atoms with van der Waals surface area (Å²) in [5.74, 6) is 3.34. The van der Waals surface area contributed by atoms with Crippen LogP contribution in [0.2, 0.25) is 0 Å². The normalized spacial score (nSPS) is 10.8. The van der Waals surface area contributed by atoms with Crippen LogP contribution in [0, 0.1) is 18.3 Å². The number of hydrogen-bond acceptors (Lipinski definition) is 2. The van der Waals surface area contributed by atoms with Gasteiger partial charge in [0.1, 0.15) is 0 Å². The molecule has 0 unspecified atom stereocenters. The molecule has 0 aromatic heterocycles.